The van der Waals surface area contributed by atoms with Gasteiger partial charge in [-0.15, -0.1) is 0 Å². The Hall–Kier alpha value is -2.04. The molecule has 1 heterocycles. The fraction of sp³-hybridized carbons (Fsp3) is 0.409. The van der Waals surface area contributed by atoms with Crippen molar-refractivity contribution in [3.8, 4) is 5.75 Å². The number of ether oxygens (including phenoxy) is 1. The van der Waals surface area contributed by atoms with Gasteiger partial charge in [0.1, 0.15) is 12.4 Å². The van der Waals surface area contributed by atoms with Gasteiger partial charge in [-0.3, -0.25) is 4.79 Å². The lowest BCUT2D eigenvalue weighted by molar-refractivity contribution is -0.133. The van der Waals surface area contributed by atoms with E-state index in [1.807, 2.05) is 53.4 Å². The highest BCUT2D eigenvalue weighted by Crippen LogP contribution is 2.28. The van der Waals surface area contributed by atoms with Gasteiger partial charge in [0.25, 0.3) is 0 Å². The molecule has 144 valence electrons. The Bertz CT molecular complexity index is 806. The maximum absolute atomic E-state index is 12.7. The summed E-state index contributed by atoms with van der Waals surface area (Å²) in [5.41, 5.74) is 8.09. The lowest BCUT2D eigenvalue weighted by Gasteiger charge is -2.42. The van der Waals surface area contributed by atoms with E-state index in [9.17, 15) is 4.79 Å². The zero-order valence-electron chi connectivity index (χ0n) is 16.0. The first-order valence-corrected chi connectivity index (χ1v) is 9.71. The van der Waals surface area contributed by atoms with Gasteiger partial charge in [0.2, 0.25) is 5.91 Å². The van der Waals surface area contributed by atoms with Crippen LogP contribution in [0.2, 0.25) is 5.02 Å². The van der Waals surface area contributed by atoms with Crippen molar-refractivity contribution in [2.24, 2.45) is 11.1 Å². The fourth-order valence-corrected chi connectivity index (χ4v) is 3.62. The molecule has 2 N–H and O–H groups in total. The predicted molar refractivity (Wildman–Crippen MR) is 109 cm³/mol. The van der Waals surface area contributed by atoms with E-state index < -0.39 is 0 Å². The topological polar surface area (TPSA) is 55.6 Å². The molecule has 1 aliphatic heterocycles. The lowest BCUT2D eigenvalue weighted by Crippen LogP contribution is -2.54. The van der Waals surface area contributed by atoms with Crippen LogP contribution in [0, 0.1) is 5.41 Å². The van der Waals surface area contributed by atoms with Crippen LogP contribution in [0.5, 0.6) is 5.75 Å². The molecule has 1 fully saturated rings. The zero-order valence-corrected chi connectivity index (χ0v) is 16.7. The Labute approximate surface area is 166 Å². The highest BCUT2D eigenvalue weighted by molar-refractivity contribution is 6.30. The first kappa shape index (κ1) is 19.7. The number of amides is 1. The highest BCUT2D eigenvalue weighted by Gasteiger charge is 2.35. The van der Waals surface area contributed by atoms with Crippen molar-refractivity contribution in [3.63, 3.8) is 0 Å². The van der Waals surface area contributed by atoms with Crippen LogP contribution in [-0.2, 0) is 17.8 Å². The number of likely N-dealkylation sites (tertiary alicyclic amines) is 1. The molecule has 1 unspecified atom stereocenters. The Balaban J connectivity index is 1.59. The third kappa shape index (κ3) is 5.24. The summed E-state index contributed by atoms with van der Waals surface area (Å²) >= 11 is 6.01. The van der Waals surface area contributed by atoms with Crippen LogP contribution < -0.4 is 10.5 Å². The summed E-state index contributed by atoms with van der Waals surface area (Å²) < 4.78 is 5.86. The molecule has 0 aromatic heterocycles. The molecule has 1 aliphatic rings. The molecular weight excluding hydrogens is 360 g/mol. The Morgan fingerprint density at radius 1 is 1.22 bits per heavy atom. The van der Waals surface area contributed by atoms with Crippen LogP contribution in [0.4, 0.5) is 0 Å². The van der Waals surface area contributed by atoms with Crippen LogP contribution in [0.15, 0.2) is 48.5 Å². The molecule has 1 saturated heterocycles. The smallest absolute Gasteiger partial charge is 0.227 e. The molecule has 4 nitrogen and oxygen atoms in total. The van der Waals surface area contributed by atoms with Crippen LogP contribution in [0.3, 0.4) is 0 Å². The van der Waals surface area contributed by atoms with Crippen LogP contribution in [-0.4, -0.2) is 29.9 Å². The third-order valence-corrected chi connectivity index (χ3v) is 5.45. The molecule has 2 aromatic carbocycles. The van der Waals surface area contributed by atoms with Crippen molar-refractivity contribution in [1.29, 1.82) is 0 Å². The number of nitrogens with zero attached hydrogens (tertiary/aromatic N) is 1. The van der Waals surface area contributed by atoms with Crippen molar-refractivity contribution in [1.82, 2.24) is 4.90 Å². The van der Waals surface area contributed by atoms with Crippen molar-refractivity contribution < 1.29 is 9.53 Å². The van der Waals surface area contributed by atoms with E-state index in [1.165, 1.54) is 0 Å². The van der Waals surface area contributed by atoms with Crippen molar-refractivity contribution in [3.05, 3.63) is 64.7 Å². The normalized spacial score (nSPS) is 19.0. The van der Waals surface area contributed by atoms with Gasteiger partial charge in [-0.25, -0.2) is 0 Å². The second-order valence-corrected chi connectivity index (χ2v) is 8.38. The summed E-state index contributed by atoms with van der Waals surface area (Å²) in [5, 5.41) is 0.694. The van der Waals surface area contributed by atoms with E-state index in [1.54, 1.807) is 0 Å². The number of benzene rings is 2. The van der Waals surface area contributed by atoms with E-state index in [4.69, 9.17) is 22.1 Å². The van der Waals surface area contributed by atoms with Crippen molar-refractivity contribution >= 4 is 17.5 Å². The molecule has 5 heteroatoms. The zero-order chi connectivity index (χ0) is 19.4. The molecule has 0 aliphatic carbocycles. The number of rotatable bonds is 5. The van der Waals surface area contributed by atoms with Gasteiger partial charge in [-0.2, -0.15) is 0 Å². The van der Waals surface area contributed by atoms with Crippen molar-refractivity contribution in [2.45, 2.75) is 39.3 Å². The second kappa shape index (κ2) is 8.32. The minimum atomic E-state index is -0.0458. The molecule has 27 heavy (non-hydrogen) atoms. The average Bonchev–Trinajstić information content (AvgIpc) is 2.62. The van der Waals surface area contributed by atoms with E-state index in [0.717, 1.165) is 29.8 Å². The third-order valence-electron chi connectivity index (χ3n) is 5.21. The fourth-order valence-electron chi connectivity index (χ4n) is 3.41. The number of piperidine rings is 1. The molecule has 0 spiro atoms. The molecule has 1 amide bonds. The summed E-state index contributed by atoms with van der Waals surface area (Å²) in [7, 11) is 0. The largest absolute Gasteiger partial charge is 0.489 e. The van der Waals surface area contributed by atoms with Gasteiger partial charge in [0, 0.05) is 24.2 Å². The number of hydrogen-bond donors (Lipinski definition) is 1. The van der Waals surface area contributed by atoms with Crippen LogP contribution in [0.25, 0.3) is 0 Å². The number of hydrogen-bond acceptors (Lipinski definition) is 3. The van der Waals surface area contributed by atoms with Gasteiger partial charge in [0.15, 0.2) is 0 Å². The van der Waals surface area contributed by atoms with Gasteiger partial charge < -0.3 is 15.4 Å². The second-order valence-electron chi connectivity index (χ2n) is 7.94. The minimum Gasteiger partial charge on any atom is -0.489 e. The molecule has 1 atom stereocenters. The SMILES string of the molecule is CC1(C)CN(C(=O)Cc2cccc(OCc3cccc(Cl)c3)c2)CCC1N. The first-order chi connectivity index (χ1) is 12.8. The quantitative estimate of drug-likeness (QED) is 0.843. The maximum atomic E-state index is 12.7. The molecular formula is C22H27ClN2O2. The van der Waals surface area contributed by atoms with Crippen molar-refractivity contribution in [2.75, 3.05) is 13.1 Å². The number of nitrogens with two attached hydrogens (primary N) is 1. The van der Waals surface area contributed by atoms with Gasteiger partial charge in [0.05, 0.1) is 6.42 Å². The maximum Gasteiger partial charge on any atom is 0.227 e. The Morgan fingerprint density at radius 2 is 1.96 bits per heavy atom. The number of carbonyl (C=O) groups excluding carboxylic acids is 1. The van der Waals surface area contributed by atoms with E-state index in [0.29, 0.717) is 24.6 Å². The van der Waals surface area contributed by atoms with Crippen LogP contribution in [0.1, 0.15) is 31.4 Å². The molecule has 0 radical (unpaired) electrons. The van der Waals surface area contributed by atoms with Gasteiger partial charge >= 0.3 is 0 Å². The molecule has 2 aromatic rings. The summed E-state index contributed by atoms with van der Waals surface area (Å²) in [4.78, 5) is 14.7. The van der Waals surface area contributed by atoms with E-state index in [2.05, 4.69) is 13.8 Å². The lowest BCUT2D eigenvalue weighted by atomic mass is 9.79. The number of carbonyl (C=O) groups is 1. The Morgan fingerprint density at radius 3 is 2.70 bits per heavy atom. The number of halogens is 1. The van der Waals surface area contributed by atoms with Gasteiger partial charge in [-0.1, -0.05) is 49.7 Å². The van der Waals surface area contributed by atoms with E-state index >= 15 is 0 Å². The van der Waals surface area contributed by atoms with Crippen LogP contribution >= 0.6 is 11.6 Å². The Kier molecular flexibility index (Phi) is 6.08. The molecule has 0 bridgehead atoms. The predicted octanol–water partition coefficient (Wildman–Crippen LogP) is 4.05. The molecule has 3 rings (SSSR count). The summed E-state index contributed by atoms with van der Waals surface area (Å²) in [5.74, 6) is 0.892. The average molecular weight is 387 g/mol. The summed E-state index contributed by atoms with van der Waals surface area (Å²) in [6.07, 6.45) is 1.22. The first-order valence-electron chi connectivity index (χ1n) is 9.33. The summed E-state index contributed by atoms with van der Waals surface area (Å²) in [6.45, 7) is 6.13. The molecule has 0 saturated carbocycles. The monoisotopic (exact) mass is 386 g/mol. The van der Waals surface area contributed by atoms with Gasteiger partial charge in [-0.05, 0) is 47.2 Å². The minimum absolute atomic E-state index is 0.0458. The highest BCUT2D eigenvalue weighted by atomic mass is 35.5. The standard InChI is InChI=1S/C22H27ClN2O2/c1-22(2)15-25(10-9-20(22)24)21(26)13-16-5-4-8-19(12-16)27-14-17-6-3-7-18(23)11-17/h3-8,11-12,20H,9-10,13-15,24H2,1-2H3. The summed E-state index contributed by atoms with van der Waals surface area (Å²) in [6, 6.07) is 15.5. The van der Waals surface area contributed by atoms with E-state index in [-0.39, 0.29) is 17.4 Å².